The Morgan fingerprint density at radius 1 is 1.30 bits per heavy atom. The van der Waals surface area contributed by atoms with Crippen LogP contribution in [-0.2, 0) is 17.8 Å². The van der Waals surface area contributed by atoms with E-state index in [-0.39, 0.29) is 0 Å². The lowest BCUT2D eigenvalue weighted by Crippen LogP contribution is -2.46. The maximum absolute atomic E-state index is 5.28. The average Bonchev–Trinajstić information content (AvgIpc) is 3.16. The first-order valence-electron chi connectivity index (χ1n) is 9.70. The summed E-state index contributed by atoms with van der Waals surface area (Å²) >= 11 is 0. The van der Waals surface area contributed by atoms with Crippen LogP contribution in [0.3, 0.4) is 0 Å². The van der Waals surface area contributed by atoms with Crippen LogP contribution < -0.4 is 10.6 Å². The highest BCUT2D eigenvalue weighted by Crippen LogP contribution is 2.43. The Balaban J connectivity index is 1.49. The third kappa shape index (κ3) is 5.57. The molecular weight excluding hydrogens is 338 g/mol. The Morgan fingerprint density at radius 2 is 2.15 bits per heavy atom. The number of benzene rings is 1. The molecule has 27 heavy (non-hydrogen) atoms. The zero-order valence-electron chi connectivity index (χ0n) is 16.4. The summed E-state index contributed by atoms with van der Waals surface area (Å²) in [4.78, 5) is 8.48. The summed E-state index contributed by atoms with van der Waals surface area (Å²) in [6.07, 6.45) is 10.6. The van der Waals surface area contributed by atoms with Gasteiger partial charge in [0.1, 0.15) is 0 Å². The van der Waals surface area contributed by atoms with Gasteiger partial charge >= 0.3 is 0 Å². The number of imidazole rings is 1. The van der Waals surface area contributed by atoms with E-state index >= 15 is 0 Å². The number of nitrogens with one attached hydrogen (secondary N) is 2. The van der Waals surface area contributed by atoms with Gasteiger partial charge in [-0.2, -0.15) is 0 Å². The number of methoxy groups -OCH3 is 1. The van der Waals surface area contributed by atoms with Crippen LogP contribution in [0.5, 0.6) is 0 Å². The first-order valence-corrected chi connectivity index (χ1v) is 9.70. The Hall–Kier alpha value is -2.34. The number of guanidine groups is 1. The highest BCUT2D eigenvalue weighted by molar-refractivity contribution is 5.79. The van der Waals surface area contributed by atoms with Gasteiger partial charge in [-0.3, -0.25) is 4.99 Å². The Bertz CT molecular complexity index is 722. The van der Waals surface area contributed by atoms with Crippen LogP contribution in [0.4, 0.5) is 0 Å². The third-order valence-electron chi connectivity index (χ3n) is 5.48. The van der Waals surface area contributed by atoms with Gasteiger partial charge in [0.15, 0.2) is 5.96 Å². The fourth-order valence-corrected chi connectivity index (χ4v) is 3.62. The third-order valence-corrected chi connectivity index (χ3v) is 5.48. The van der Waals surface area contributed by atoms with E-state index in [4.69, 9.17) is 4.74 Å². The van der Waals surface area contributed by atoms with Crippen LogP contribution in [0, 0.1) is 5.41 Å². The van der Waals surface area contributed by atoms with Gasteiger partial charge < -0.3 is 19.9 Å². The molecule has 0 atom stereocenters. The van der Waals surface area contributed by atoms with Crippen molar-refractivity contribution in [3.05, 3.63) is 54.1 Å². The lowest BCUT2D eigenvalue weighted by atomic mass is 9.67. The van der Waals surface area contributed by atoms with Crippen molar-refractivity contribution in [2.24, 2.45) is 10.4 Å². The van der Waals surface area contributed by atoms with Gasteiger partial charge in [0.2, 0.25) is 0 Å². The van der Waals surface area contributed by atoms with Crippen molar-refractivity contribution in [3.8, 4) is 0 Å². The molecule has 1 aliphatic carbocycles. The molecule has 0 spiro atoms. The Morgan fingerprint density at radius 3 is 2.81 bits per heavy atom. The van der Waals surface area contributed by atoms with E-state index in [9.17, 15) is 0 Å². The summed E-state index contributed by atoms with van der Waals surface area (Å²) in [5, 5.41) is 6.95. The van der Waals surface area contributed by atoms with Gasteiger partial charge in [-0.15, -0.1) is 0 Å². The molecule has 0 saturated heterocycles. The van der Waals surface area contributed by atoms with Gasteiger partial charge in [0.25, 0.3) is 0 Å². The number of rotatable bonds is 9. The van der Waals surface area contributed by atoms with Gasteiger partial charge in [0, 0.05) is 52.8 Å². The smallest absolute Gasteiger partial charge is 0.191 e. The first-order chi connectivity index (χ1) is 13.2. The summed E-state index contributed by atoms with van der Waals surface area (Å²) in [6.45, 7) is 3.37. The molecule has 0 unspecified atom stereocenters. The van der Waals surface area contributed by atoms with E-state index in [0.717, 1.165) is 38.6 Å². The molecule has 0 aliphatic heterocycles. The van der Waals surface area contributed by atoms with Gasteiger partial charge in [-0.25, -0.2) is 4.98 Å². The largest absolute Gasteiger partial charge is 0.385 e. The monoisotopic (exact) mass is 369 g/mol. The summed E-state index contributed by atoms with van der Waals surface area (Å²) in [5.41, 5.74) is 2.88. The zero-order chi connectivity index (χ0) is 19.0. The number of hydrogen-bond donors (Lipinski definition) is 2. The fraction of sp³-hybridized carbons (Fsp3) is 0.524. The van der Waals surface area contributed by atoms with E-state index in [1.807, 2.05) is 25.8 Å². The van der Waals surface area contributed by atoms with Crippen molar-refractivity contribution in [2.45, 2.75) is 38.8 Å². The molecule has 2 N–H and O–H groups in total. The molecule has 1 aliphatic rings. The SMILES string of the molecule is CN=C(NCc1cccc(Cn2ccnc2)c1)NCC1(CCOC)CCC1. The summed E-state index contributed by atoms with van der Waals surface area (Å²) in [5.74, 6) is 0.860. The van der Waals surface area contributed by atoms with Gasteiger partial charge in [0.05, 0.1) is 6.33 Å². The molecule has 0 bridgehead atoms. The van der Waals surface area contributed by atoms with E-state index < -0.39 is 0 Å². The summed E-state index contributed by atoms with van der Waals surface area (Å²) in [7, 11) is 3.61. The van der Waals surface area contributed by atoms with Crippen molar-refractivity contribution in [1.82, 2.24) is 20.2 Å². The minimum Gasteiger partial charge on any atom is -0.385 e. The highest BCUT2D eigenvalue weighted by atomic mass is 16.5. The fourth-order valence-electron chi connectivity index (χ4n) is 3.62. The number of aromatic nitrogens is 2. The average molecular weight is 370 g/mol. The number of aliphatic imine (C=N–C) groups is 1. The Labute approximate surface area is 162 Å². The lowest BCUT2D eigenvalue weighted by Gasteiger charge is -2.42. The maximum atomic E-state index is 5.28. The molecule has 1 saturated carbocycles. The quantitative estimate of drug-likeness (QED) is 0.527. The molecule has 1 fully saturated rings. The van der Waals surface area contributed by atoms with Gasteiger partial charge in [-0.05, 0) is 35.8 Å². The van der Waals surface area contributed by atoms with E-state index in [1.54, 1.807) is 7.11 Å². The van der Waals surface area contributed by atoms with E-state index in [1.165, 1.54) is 30.4 Å². The molecule has 2 aromatic rings. The second kappa shape index (κ2) is 9.55. The number of hydrogen-bond acceptors (Lipinski definition) is 3. The molecule has 1 heterocycles. The van der Waals surface area contributed by atoms with Crippen LogP contribution in [0.25, 0.3) is 0 Å². The topological polar surface area (TPSA) is 63.5 Å². The van der Waals surface area contributed by atoms with Crippen LogP contribution in [0.15, 0.2) is 48.0 Å². The van der Waals surface area contributed by atoms with E-state index in [2.05, 4.69) is 49.4 Å². The van der Waals surface area contributed by atoms with E-state index in [0.29, 0.717) is 5.41 Å². The summed E-state index contributed by atoms with van der Waals surface area (Å²) in [6, 6.07) is 8.62. The van der Waals surface area contributed by atoms with Crippen LogP contribution in [0.2, 0.25) is 0 Å². The van der Waals surface area contributed by atoms with Crippen molar-refractivity contribution in [1.29, 1.82) is 0 Å². The molecule has 0 amide bonds. The van der Waals surface area contributed by atoms with Crippen molar-refractivity contribution in [2.75, 3.05) is 27.3 Å². The van der Waals surface area contributed by atoms with Crippen LogP contribution in [0.1, 0.15) is 36.8 Å². The predicted molar refractivity (Wildman–Crippen MR) is 109 cm³/mol. The van der Waals surface area contributed by atoms with Crippen LogP contribution in [-0.4, -0.2) is 42.8 Å². The molecule has 6 heteroatoms. The molecular formula is C21H31N5O. The molecule has 1 aromatic heterocycles. The second-order valence-electron chi connectivity index (χ2n) is 7.43. The zero-order valence-corrected chi connectivity index (χ0v) is 16.4. The molecule has 3 rings (SSSR count). The van der Waals surface area contributed by atoms with Crippen molar-refractivity contribution >= 4 is 5.96 Å². The first kappa shape index (κ1) is 19.4. The lowest BCUT2D eigenvalue weighted by molar-refractivity contribution is 0.0732. The number of ether oxygens (including phenoxy) is 1. The van der Waals surface area contributed by atoms with Crippen LogP contribution >= 0.6 is 0 Å². The highest BCUT2D eigenvalue weighted by Gasteiger charge is 2.36. The standard InChI is InChI=1S/C21H31N5O/c1-22-20(25-16-21(7-4-8-21)9-12-27-2)24-14-18-5-3-6-19(13-18)15-26-11-10-23-17-26/h3,5-6,10-11,13,17H,4,7-9,12,14-16H2,1-2H3,(H2,22,24,25). The molecule has 1 aromatic carbocycles. The Kier molecular flexibility index (Phi) is 6.87. The minimum atomic E-state index is 0.373. The molecule has 6 nitrogen and oxygen atoms in total. The van der Waals surface area contributed by atoms with Gasteiger partial charge in [-0.1, -0.05) is 30.7 Å². The maximum Gasteiger partial charge on any atom is 0.191 e. The predicted octanol–water partition coefficient (Wildman–Crippen LogP) is 2.80. The molecule has 146 valence electrons. The summed E-state index contributed by atoms with van der Waals surface area (Å²) < 4.78 is 7.36. The van der Waals surface area contributed by atoms with Crippen molar-refractivity contribution < 1.29 is 4.74 Å². The molecule has 0 radical (unpaired) electrons. The normalized spacial score (nSPS) is 16.0. The van der Waals surface area contributed by atoms with Crippen molar-refractivity contribution in [3.63, 3.8) is 0 Å². The number of nitrogens with zero attached hydrogens (tertiary/aromatic N) is 3. The minimum absolute atomic E-state index is 0.373. The second-order valence-corrected chi connectivity index (χ2v) is 7.43.